The lowest BCUT2D eigenvalue weighted by Gasteiger charge is -2.31. The minimum atomic E-state index is -0.0537. The number of piperidine rings is 1. The van der Waals surface area contributed by atoms with Crippen LogP contribution in [0, 0.1) is 5.92 Å². The second kappa shape index (κ2) is 8.15. The summed E-state index contributed by atoms with van der Waals surface area (Å²) in [5.74, 6) is 6.10. The van der Waals surface area contributed by atoms with E-state index in [1.165, 1.54) is 5.56 Å². The molecular formula is C17H27N3O2. The summed E-state index contributed by atoms with van der Waals surface area (Å²) < 4.78 is 5.79. The zero-order valence-corrected chi connectivity index (χ0v) is 13.5. The zero-order chi connectivity index (χ0) is 15.9. The first-order chi connectivity index (χ1) is 10.6. The van der Waals surface area contributed by atoms with E-state index in [9.17, 15) is 4.79 Å². The van der Waals surface area contributed by atoms with Gasteiger partial charge in [0.1, 0.15) is 5.75 Å². The van der Waals surface area contributed by atoms with Crippen molar-refractivity contribution < 1.29 is 9.53 Å². The Morgan fingerprint density at radius 2 is 2.18 bits per heavy atom. The third-order valence-electron chi connectivity index (χ3n) is 4.26. The van der Waals surface area contributed by atoms with Gasteiger partial charge in [-0.25, -0.2) is 5.84 Å². The molecule has 1 aromatic carbocycles. The summed E-state index contributed by atoms with van der Waals surface area (Å²) in [5, 5.41) is 0. The molecule has 1 saturated heterocycles. The lowest BCUT2D eigenvalue weighted by Crippen LogP contribution is -2.44. The molecule has 2 unspecified atom stereocenters. The van der Waals surface area contributed by atoms with Crippen molar-refractivity contribution in [3.05, 3.63) is 29.8 Å². The van der Waals surface area contributed by atoms with Gasteiger partial charge in [-0.3, -0.25) is 15.1 Å². The van der Waals surface area contributed by atoms with E-state index in [0.717, 1.165) is 44.6 Å². The second-order valence-corrected chi connectivity index (χ2v) is 6.06. The molecule has 3 N–H and O–H groups in total. The Kier molecular flexibility index (Phi) is 6.21. The molecule has 1 amide bonds. The lowest BCUT2D eigenvalue weighted by molar-refractivity contribution is -0.126. The van der Waals surface area contributed by atoms with Crippen molar-refractivity contribution in [1.82, 2.24) is 10.3 Å². The van der Waals surface area contributed by atoms with E-state index in [2.05, 4.69) is 36.3 Å². The Morgan fingerprint density at radius 3 is 2.82 bits per heavy atom. The molecular weight excluding hydrogens is 278 g/mol. The summed E-state index contributed by atoms with van der Waals surface area (Å²) in [7, 11) is 0. The number of hydrogen-bond acceptors (Lipinski definition) is 4. The molecule has 2 atom stereocenters. The molecule has 1 fully saturated rings. The first-order valence-electron chi connectivity index (χ1n) is 8.10. The maximum absolute atomic E-state index is 11.7. The molecule has 0 aromatic heterocycles. The predicted octanol–water partition coefficient (Wildman–Crippen LogP) is 2.07. The Hall–Kier alpha value is -1.59. The number of hydrazine groups is 1. The Balaban J connectivity index is 1.89. The molecule has 122 valence electrons. The third kappa shape index (κ3) is 4.71. The van der Waals surface area contributed by atoms with Crippen LogP contribution in [0.25, 0.3) is 0 Å². The minimum absolute atomic E-state index is 0.00626. The Bertz CT molecular complexity index is 475. The maximum Gasteiger partial charge on any atom is 0.238 e. The average Bonchev–Trinajstić information content (AvgIpc) is 2.56. The van der Waals surface area contributed by atoms with Crippen LogP contribution in [0.4, 0.5) is 0 Å². The molecule has 1 heterocycles. The van der Waals surface area contributed by atoms with E-state index in [1.54, 1.807) is 0 Å². The highest BCUT2D eigenvalue weighted by Crippen LogP contribution is 2.20. The first kappa shape index (κ1) is 16.8. The quantitative estimate of drug-likeness (QED) is 0.479. The van der Waals surface area contributed by atoms with E-state index < -0.39 is 0 Å². The number of likely N-dealkylation sites (tertiary alicyclic amines) is 1. The van der Waals surface area contributed by atoms with Crippen molar-refractivity contribution in [2.24, 2.45) is 11.8 Å². The van der Waals surface area contributed by atoms with Gasteiger partial charge in [0.2, 0.25) is 5.91 Å². The number of benzene rings is 1. The summed E-state index contributed by atoms with van der Waals surface area (Å²) in [6.07, 6.45) is 3.19. The monoisotopic (exact) mass is 305 g/mol. The second-order valence-electron chi connectivity index (χ2n) is 6.06. The lowest BCUT2D eigenvalue weighted by atomic mass is 9.97. The number of nitrogens with one attached hydrogen (secondary N) is 1. The molecule has 5 heteroatoms. The summed E-state index contributed by atoms with van der Waals surface area (Å²) in [6, 6.07) is 8.25. The van der Waals surface area contributed by atoms with Crippen molar-refractivity contribution in [3.8, 4) is 5.75 Å². The van der Waals surface area contributed by atoms with Crippen LogP contribution in [0.15, 0.2) is 24.3 Å². The molecule has 5 nitrogen and oxygen atoms in total. The van der Waals surface area contributed by atoms with Crippen LogP contribution in [0.3, 0.4) is 0 Å². The van der Waals surface area contributed by atoms with E-state index in [1.807, 2.05) is 12.1 Å². The topological polar surface area (TPSA) is 67.6 Å². The highest BCUT2D eigenvalue weighted by molar-refractivity contribution is 5.78. The average molecular weight is 305 g/mol. The van der Waals surface area contributed by atoms with Gasteiger partial charge in [-0.1, -0.05) is 19.1 Å². The predicted molar refractivity (Wildman–Crippen MR) is 87.2 cm³/mol. The largest absolute Gasteiger partial charge is 0.491 e. The normalized spacial score (nSPS) is 20.4. The maximum atomic E-state index is 11.7. The van der Waals surface area contributed by atoms with Gasteiger partial charge in [-0.05, 0) is 50.4 Å². The summed E-state index contributed by atoms with van der Waals surface area (Å²) >= 11 is 0. The van der Waals surface area contributed by atoms with Gasteiger partial charge in [0.15, 0.2) is 0 Å². The van der Waals surface area contributed by atoms with Crippen LogP contribution in [0.1, 0.15) is 38.7 Å². The number of hydrogen-bond donors (Lipinski definition) is 2. The summed E-state index contributed by atoms with van der Waals surface area (Å²) in [5.41, 5.74) is 3.51. The molecule has 1 aromatic rings. The molecule has 0 aliphatic carbocycles. The van der Waals surface area contributed by atoms with Gasteiger partial charge in [0.25, 0.3) is 0 Å². The zero-order valence-electron chi connectivity index (χ0n) is 13.5. The Labute approximate surface area is 132 Å². The Morgan fingerprint density at radius 1 is 1.45 bits per heavy atom. The van der Waals surface area contributed by atoms with Gasteiger partial charge >= 0.3 is 0 Å². The van der Waals surface area contributed by atoms with E-state index >= 15 is 0 Å². The number of ether oxygens (including phenoxy) is 1. The number of amides is 1. The fourth-order valence-electron chi connectivity index (χ4n) is 2.78. The van der Waals surface area contributed by atoms with E-state index in [0.29, 0.717) is 0 Å². The highest BCUT2D eigenvalue weighted by atomic mass is 16.5. The molecule has 2 rings (SSSR count). The van der Waals surface area contributed by atoms with Gasteiger partial charge < -0.3 is 4.74 Å². The summed E-state index contributed by atoms with van der Waals surface area (Å²) in [6.45, 7) is 6.85. The van der Waals surface area contributed by atoms with E-state index in [-0.39, 0.29) is 17.9 Å². The standard InChI is InChI=1S/C17H27N3O2/c1-3-13(2)22-16-8-6-14(7-9-16)11-20-10-4-5-15(12-20)17(21)19-18/h6-9,13,15H,3-5,10-12,18H2,1-2H3,(H,19,21). The number of nitrogens with two attached hydrogens (primary N) is 1. The molecule has 0 bridgehead atoms. The van der Waals surface area contributed by atoms with Crippen LogP contribution in [0.2, 0.25) is 0 Å². The van der Waals surface area contributed by atoms with Crippen molar-refractivity contribution in [2.75, 3.05) is 13.1 Å². The third-order valence-corrected chi connectivity index (χ3v) is 4.26. The minimum Gasteiger partial charge on any atom is -0.491 e. The number of carbonyl (C=O) groups excluding carboxylic acids is 1. The van der Waals surface area contributed by atoms with Crippen molar-refractivity contribution in [1.29, 1.82) is 0 Å². The van der Waals surface area contributed by atoms with Gasteiger partial charge in [-0.2, -0.15) is 0 Å². The fraction of sp³-hybridized carbons (Fsp3) is 0.588. The molecule has 1 aliphatic rings. The van der Waals surface area contributed by atoms with Gasteiger partial charge in [0.05, 0.1) is 12.0 Å². The number of carbonyl (C=O) groups is 1. The summed E-state index contributed by atoms with van der Waals surface area (Å²) in [4.78, 5) is 14.0. The van der Waals surface area contributed by atoms with Crippen molar-refractivity contribution >= 4 is 5.91 Å². The smallest absolute Gasteiger partial charge is 0.238 e. The molecule has 0 spiro atoms. The SMILES string of the molecule is CCC(C)Oc1ccc(CN2CCCC(C(=O)NN)C2)cc1. The fourth-order valence-corrected chi connectivity index (χ4v) is 2.78. The van der Waals surface area contributed by atoms with Crippen LogP contribution in [-0.2, 0) is 11.3 Å². The highest BCUT2D eigenvalue weighted by Gasteiger charge is 2.25. The van der Waals surface area contributed by atoms with Crippen molar-refractivity contribution in [2.45, 2.75) is 45.8 Å². The number of rotatable bonds is 6. The number of nitrogens with zero attached hydrogens (tertiary/aromatic N) is 1. The van der Waals surface area contributed by atoms with E-state index in [4.69, 9.17) is 10.6 Å². The molecule has 0 saturated carbocycles. The van der Waals surface area contributed by atoms with Crippen LogP contribution < -0.4 is 16.0 Å². The van der Waals surface area contributed by atoms with Crippen molar-refractivity contribution in [3.63, 3.8) is 0 Å². The van der Waals surface area contributed by atoms with Crippen LogP contribution in [-0.4, -0.2) is 30.0 Å². The van der Waals surface area contributed by atoms with Gasteiger partial charge in [-0.15, -0.1) is 0 Å². The van der Waals surface area contributed by atoms with Crippen LogP contribution in [0.5, 0.6) is 5.75 Å². The molecule has 1 aliphatic heterocycles. The first-order valence-corrected chi connectivity index (χ1v) is 8.10. The van der Waals surface area contributed by atoms with Crippen LogP contribution >= 0.6 is 0 Å². The van der Waals surface area contributed by atoms with Gasteiger partial charge in [0, 0.05) is 13.1 Å². The molecule has 22 heavy (non-hydrogen) atoms. The molecule has 0 radical (unpaired) electrons.